The van der Waals surface area contributed by atoms with E-state index in [2.05, 4.69) is 4.74 Å². The van der Waals surface area contributed by atoms with Crippen molar-refractivity contribution in [1.29, 1.82) is 0 Å². The van der Waals surface area contributed by atoms with E-state index in [1.165, 1.54) is 0 Å². The van der Waals surface area contributed by atoms with E-state index < -0.39 is 55.3 Å². The highest BCUT2D eigenvalue weighted by atomic mass is 32.2. The van der Waals surface area contributed by atoms with E-state index in [-0.39, 0.29) is 18.3 Å². The van der Waals surface area contributed by atoms with E-state index in [4.69, 9.17) is 8.74 Å². The number of hydrogen-bond donors (Lipinski definition) is 1. The van der Waals surface area contributed by atoms with Crippen molar-refractivity contribution in [2.75, 3.05) is 6.61 Å². The number of carbonyl (C=O) groups is 1. The first kappa shape index (κ1) is 16.0. The van der Waals surface area contributed by atoms with E-state index >= 15 is 0 Å². The summed E-state index contributed by atoms with van der Waals surface area (Å²) in [6, 6.07) is 0. The first-order valence-electron chi connectivity index (χ1n) is 6.37. The standard InChI is InChI=1S/C10H12F2O8S2/c11-10(12,22(16,17)18)3-19-9(13)7-4-1-5-6(2-4)21(14,15)20-8(5)7/h4-8H,1-3H2,(H,16,17,18)/t4?,5?,6?,7?,8-/m1/s1. The molecule has 2 bridgehead atoms. The average molecular weight is 362 g/mol. The molecule has 3 rings (SSSR count). The van der Waals surface area contributed by atoms with Crippen molar-refractivity contribution >= 4 is 26.2 Å². The molecule has 0 amide bonds. The predicted octanol–water partition coefficient (Wildman–Crippen LogP) is -0.237. The van der Waals surface area contributed by atoms with Gasteiger partial charge in [-0.2, -0.15) is 25.6 Å². The Morgan fingerprint density at radius 3 is 2.59 bits per heavy atom. The van der Waals surface area contributed by atoms with Crippen LogP contribution in [0.4, 0.5) is 8.78 Å². The topological polar surface area (TPSA) is 124 Å². The summed E-state index contributed by atoms with van der Waals surface area (Å²) in [6.07, 6.45) is -0.332. The quantitative estimate of drug-likeness (QED) is 0.413. The van der Waals surface area contributed by atoms with Crippen molar-refractivity contribution in [3.8, 4) is 0 Å². The fourth-order valence-electron chi connectivity index (χ4n) is 3.59. The molecule has 3 fully saturated rings. The number of hydrogen-bond acceptors (Lipinski definition) is 7. The average Bonchev–Trinajstić information content (AvgIpc) is 2.95. The van der Waals surface area contributed by atoms with Gasteiger partial charge in [-0.3, -0.25) is 13.5 Å². The Bertz CT molecular complexity index is 715. The van der Waals surface area contributed by atoms with Crippen molar-refractivity contribution in [1.82, 2.24) is 0 Å². The molecule has 0 aromatic carbocycles. The van der Waals surface area contributed by atoms with Crippen LogP contribution in [-0.4, -0.2) is 50.6 Å². The number of alkyl halides is 2. The van der Waals surface area contributed by atoms with Crippen LogP contribution in [0.3, 0.4) is 0 Å². The zero-order valence-electron chi connectivity index (χ0n) is 10.9. The molecule has 2 saturated carbocycles. The number of halogens is 2. The zero-order valence-corrected chi connectivity index (χ0v) is 12.5. The van der Waals surface area contributed by atoms with E-state index in [9.17, 15) is 30.4 Å². The molecule has 8 nitrogen and oxygen atoms in total. The summed E-state index contributed by atoms with van der Waals surface area (Å²) in [5.74, 6) is -2.88. The molecule has 22 heavy (non-hydrogen) atoms. The Kier molecular flexibility index (Phi) is 3.34. The van der Waals surface area contributed by atoms with Crippen LogP contribution in [0.15, 0.2) is 0 Å². The summed E-state index contributed by atoms with van der Waals surface area (Å²) < 4.78 is 87.8. The van der Waals surface area contributed by atoms with E-state index in [1.54, 1.807) is 0 Å². The van der Waals surface area contributed by atoms with Gasteiger partial charge in [0.2, 0.25) is 0 Å². The van der Waals surface area contributed by atoms with Crippen LogP contribution in [-0.2, 0) is 34.0 Å². The van der Waals surface area contributed by atoms with Gasteiger partial charge in [0, 0.05) is 5.92 Å². The van der Waals surface area contributed by atoms with Crippen LogP contribution < -0.4 is 0 Å². The highest BCUT2D eigenvalue weighted by Crippen LogP contribution is 2.57. The number of rotatable bonds is 4. The SMILES string of the molecule is O=C(OCC(F)(F)S(=O)(=O)O)C1C2CC3C(C2)S(=O)(=O)O[C@H]31. The second kappa shape index (κ2) is 4.58. The lowest BCUT2D eigenvalue weighted by Crippen LogP contribution is -2.39. The minimum Gasteiger partial charge on any atom is -0.458 e. The molecule has 5 atom stereocenters. The molecule has 1 aliphatic heterocycles. The Morgan fingerprint density at radius 1 is 1.36 bits per heavy atom. The van der Waals surface area contributed by atoms with Crippen LogP contribution in [0.5, 0.6) is 0 Å². The number of esters is 1. The van der Waals surface area contributed by atoms with Gasteiger partial charge in [0.05, 0.1) is 17.3 Å². The fourth-order valence-corrected chi connectivity index (χ4v) is 5.69. The maximum absolute atomic E-state index is 13.0. The van der Waals surface area contributed by atoms with Crippen molar-refractivity contribution in [3.63, 3.8) is 0 Å². The molecule has 2 aliphatic carbocycles. The highest BCUT2D eigenvalue weighted by Gasteiger charge is 2.66. The van der Waals surface area contributed by atoms with Gasteiger partial charge in [-0.1, -0.05) is 0 Å². The van der Waals surface area contributed by atoms with Crippen molar-refractivity contribution < 1.29 is 43.9 Å². The summed E-state index contributed by atoms with van der Waals surface area (Å²) in [5.41, 5.74) is 0. The lowest BCUT2D eigenvalue weighted by molar-refractivity contribution is -0.159. The fraction of sp³-hybridized carbons (Fsp3) is 0.900. The summed E-state index contributed by atoms with van der Waals surface area (Å²) in [7, 11) is -9.46. The van der Waals surface area contributed by atoms with Crippen LogP contribution in [0.25, 0.3) is 0 Å². The van der Waals surface area contributed by atoms with Gasteiger partial charge in [-0.25, -0.2) is 0 Å². The van der Waals surface area contributed by atoms with Gasteiger partial charge in [0.1, 0.15) is 0 Å². The third-order valence-electron chi connectivity index (χ3n) is 4.52. The highest BCUT2D eigenvalue weighted by molar-refractivity contribution is 7.87. The molecule has 1 heterocycles. The molecule has 0 aromatic rings. The minimum absolute atomic E-state index is 0.192. The van der Waals surface area contributed by atoms with Gasteiger partial charge in [-0.15, -0.1) is 0 Å². The van der Waals surface area contributed by atoms with Gasteiger partial charge >= 0.3 is 21.3 Å². The molecule has 126 valence electrons. The summed E-state index contributed by atoms with van der Waals surface area (Å²) >= 11 is 0. The van der Waals surface area contributed by atoms with Crippen LogP contribution >= 0.6 is 0 Å². The monoisotopic (exact) mass is 362 g/mol. The molecule has 1 N–H and O–H groups in total. The first-order valence-corrected chi connectivity index (χ1v) is 9.29. The van der Waals surface area contributed by atoms with Crippen molar-refractivity contribution in [2.24, 2.45) is 17.8 Å². The summed E-state index contributed by atoms with van der Waals surface area (Å²) in [4.78, 5) is 11.9. The van der Waals surface area contributed by atoms with Crippen molar-refractivity contribution in [3.05, 3.63) is 0 Å². The Hall–Kier alpha value is -0.850. The van der Waals surface area contributed by atoms with Crippen molar-refractivity contribution in [2.45, 2.75) is 29.5 Å². The Morgan fingerprint density at radius 2 is 2.00 bits per heavy atom. The summed E-state index contributed by atoms with van der Waals surface area (Å²) in [5, 5.41) is -5.29. The van der Waals surface area contributed by atoms with Gasteiger partial charge in [0.25, 0.3) is 10.1 Å². The molecule has 0 radical (unpaired) electrons. The smallest absolute Gasteiger partial charge is 0.402 e. The molecule has 12 heteroatoms. The van der Waals surface area contributed by atoms with Gasteiger partial charge in [-0.05, 0) is 18.8 Å². The van der Waals surface area contributed by atoms with Gasteiger partial charge < -0.3 is 4.74 Å². The predicted molar refractivity (Wildman–Crippen MR) is 64.7 cm³/mol. The van der Waals surface area contributed by atoms with Crippen LogP contribution in [0, 0.1) is 17.8 Å². The Labute approximate surface area is 124 Å². The summed E-state index contributed by atoms with van der Waals surface area (Å²) in [6.45, 7) is -1.83. The normalized spacial score (nSPS) is 39.1. The lowest BCUT2D eigenvalue weighted by Gasteiger charge is -2.23. The second-order valence-electron chi connectivity index (χ2n) is 5.73. The van der Waals surface area contributed by atoms with E-state index in [0.29, 0.717) is 6.42 Å². The second-order valence-corrected chi connectivity index (χ2v) is 9.06. The third kappa shape index (κ3) is 2.23. The van der Waals surface area contributed by atoms with E-state index in [1.807, 2.05) is 0 Å². The number of carbonyl (C=O) groups excluding carboxylic acids is 1. The minimum atomic E-state index is -5.70. The maximum atomic E-state index is 13.0. The number of ether oxygens (including phenoxy) is 1. The van der Waals surface area contributed by atoms with Crippen LogP contribution in [0.1, 0.15) is 12.8 Å². The molecular formula is C10H12F2O8S2. The Balaban J connectivity index is 1.71. The molecule has 1 saturated heterocycles. The molecule has 4 unspecified atom stereocenters. The first-order chi connectivity index (χ1) is 9.94. The maximum Gasteiger partial charge on any atom is 0.402 e. The van der Waals surface area contributed by atoms with Crippen LogP contribution in [0.2, 0.25) is 0 Å². The third-order valence-corrected chi connectivity index (χ3v) is 7.17. The molecule has 0 aromatic heterocycles. The van der Waals surface area contributed by atoms with Gasteiger partial charge in [0.15, 0.2) is 6.61 Å². The molecular weight excluding hydrogens is 350 g/mol. The zero-order chi connectivity index (χ0) is 16.5. The molecule has 3 aliphatic rings. The van der Waals surface area contributed by atoms with E-state index in [0.717, 1.165) is 0 Å². The number of fused-ring (bicyclic) bond motifs is 1. The largest absolute Gasteiger partial charge is 0.458 e. The lowest BCUT2D eigenvalue weighted by atomic mass is 9.86. The molecule has 0 spiro atoms.